The summed E-state index contributed by atoms with van der Waals surface area (Å²) in [6.07, 6.45) is 1.70. The maximum Gasteiger partial charge on any atom is 0.340 e. The van der Waals surface area contributed by atoms with E-state index in [2.05, 4.69) is 10.6 Å². The minimum absolute atomic E-state index is 0.168. The third-order valence-corrected chi connectivity index (χ3v) is 5.25. The van der Waals surface area contributed by atoms with Crippen molar-refractivity contribution in [2.45, 2.75) is 13.0 Å². The zero-order chi connectivity index (χ0) is 22.7. The minimum Gasteiger partial charge on any atom is -0.463 e. The molecule has 2 heterocycles. The van der Waals surface area contributed by atoms with Crippen molar-refractivity contribution < 1.29 is 23.9 Å². The van der Waals surface area contributed by atoms with E-state index >= 15 is 0 Å². The normalized spacial score (nSPS) is 15.8. The minimum atomic E-state index is -0.727. The molecule has 1 unspecified atom stereocenters. The third-order valence-electron chi connectivity index (χ3n) is 5.25. The number of hydrogen-bond donors (Lipinski definition) is 2. The summed E-state index contributed by atoms with van der Waals surface area (Å²) >= 11 is 0. The molecule has 0 radical (unpaired) electrons. The van der Waals surface area contributed by atoms with Gasteiger partial charge >= 0.3 is 18.0 Å². The van der Waals surface area contributed by atoms with Crippen molar-refractivity contribution in [2.75, 3.05) is 13.2 Å². The molecule has 4 rings (SSSR count). The van der Waals surface area contributed by atoms with Gasteiger partial charge in [0.1, 0.15) is 6.61 Å². The summed E-state index contributed by atoms with van der Waals surface area (Å²) in [4.78, 5) is 37.9. The van der Waals surface area contributed by atoms with Crippen LogP contribution in [0.15, 0.2) is 72.1 Å². The molecule has 8 nitrogen and oxygen atoms in total. The molecule has 1 aliphatic heterocycles. The molecule has 8 heteroatoms. The maximum absolute atomic E-state index is 12.8. The van der Waals surface area contributed by atoms with Gasteiger partial charge in [-0.3, -0.25) is 0 Å². The first kappa shape index (κ1) is 21.2. The fourth-order valence-corrected chi connectivity index (χ4v) is 3.80. The van der Waals surface area contributed by atoms with Gasteiger partial charge in [0.25, 0.3) is 0 Å². The SMILES string of the molecule is CCOC(=O)C1=C(COC(=O)c2cn(C)c3ccccc23)NC(=O)NC1c1ccccc1. The summed E-state index contributed by atoms with van der Waals surface area (Å²) in [5.41, 5.74) is 2.40. The van der Waals surface area contributed by atoms with E-state index in [1.165, 1.54) is 0 Å². The van der Waals surface area contributed by atoms with Crippen molar-refractivity contribution in [1.82, 2.24) is 15.2 Å². The molecular weight excluding hydrogens is 410 g/mol. The van der Waals surface area contributed by atoms with E-state index in [1.807, 2.05) is 54.1 Å². The highest BCUT2D eigenvalue weighted by molar-refractivity contribution is 6.04. The zero-order valence-electron chi connectivity index (χ0n) is 17.8. The van der Waals surface area contributed by atoms with Gasteiger partial charge in [0.05, 0.1) is 29.5 Å². The first-order valence-corrected chi connectivity index (χ1v) is 10.2. The average Bonchev–Trinajstić information content (AvgIpc) is 3.14. The first-order valence-electron chi connectivity index (χ1n) is 10.2. The standard InChI is InChI=1S/C24H23N3O5/c1-3-31-23(29)20-18(25-24(30)26-21(20)15-9-5-4-6-10-15)14-32-22(28)17-13-27(2)19-12-8-7-11-16(17)19/h4-13,21H,3,14H2,1-2H3,(H2,25,26,30). The van der Waals surface area contributed by atoms with Crippen LogP contribution in [0.2, 0.25) is 0 Å². The molecule has 2 aromatic carbocycles. The van der Waals surface area contributed by atoms with Crippen molar-refractivity contribution in [3.63, 3.8) is 0 Å². The Morgan fingerprint density at radius 3 is 2.47 bits per heavy atom. The quantitative estimate of drug-likeness (QED) is 0.582. The van der Waals surface area contributed by atoms with Crippen LogP contribution in [0.1, 0.15) is 28.9 Å². The molecule has 0 aliphatic carbocycles. The van der Waals surface area contributed by atoms with Gasteiger partial charge in [0.15, 0.2) is 0 Å². The molecule has 0 spiro atoms. The Kier molecular flexibility index (Phi) is 5.93. The van der Waals surface area contributed by atoms with Gasteiger partial charge in [-0.25, -0.2) is 14.4 Å². The van der Waals surface area contributed by atoms with Gasteiger partial charge in [-0.1, -0.05) is 48.5 Å². The lowest BCUT2D eigenvalue weighted by Gasteiger charge is -2.29. The number of esters is 2. The Morgan fingerprint density at radius 2 is 1.72 bits per heavy atom. The van der Waals surface area contributed by atoms with Gasteiger partial charge in [-0.2, -0.15) is 0 Å². The number of amides is 2. The summed E-state index contributed by atoms with van der Waals surface area (Å²) in [7, 11) is 1.85. The summed E-state index contributed by atoms with van der Waals surface area (Å²) in [6, 6.07) is 15.3. The first-order chi connectivity index (χ1) is 15.5. The summed E-state index contributed by atoms with van der Waals surface area (Å²) in [6.45, 7) is 1.58. The molecule has 164 valence electrons. The molecule has 2 N–H and O–H groups in total. The van der Waals surface area contributed by atoms with Crippen LogP contribution in [0.4, 0.5) is 4.79 Å². The maximum atomic E-state index is 12.8. The molecule has 0 saturated heterocycles. The number of para-hydroxylation sites is 1. The smallest absolute Gasteiger partial charge is 0.340 e. The van der Waals surface area contributed by atoms with E-state index in [-0.39, 0.29) is 24.5 Å². The lowest BCUT2D eigenvalue weighted by atomic mass is 9.95. The molecule has 2 amide bonds. The van der Waals surface area contributed by atoms with Gasteiger partial charge in [-0.15, -0.1) is 0 Å². The van der Waals surface area contributed by atoms with Gasteiger partial charge in [0.2, 0.25) is 0 Å². The summed E-state index contributed by atoms with van der Waals surface area (Å²) in [5.74, 6) is -1.15. The Labute approximate surface area is 184 Å². The highest BCUT2D eigenvalue weighted by Crippen LogP contribution is 2.28. The van der Waals surface area contributed by atoms with E-state index in [0.29, 0.717) is 11.1 Å². The van der Waals surface area contributed by atoms with Gasteiger partial charge in [0, 0.05) is 24.1 Å². The van der Waals surface area contributed by atoms with Crippen LogP contribution in [-0.4, -0.2) is 35.8 Å². The topological polar surface area (TPSA) is 98.7 Å². The number of fused-ring (bicyclic) bond motifs is 1. The fourth-order valence-electron chi connectivity index (χ4n) is 3.80. The molecule has 32 heavy (non-hydrogen) atoms. The number of rotatable bonds is 6. The number of aryl methyl sites for hydroxylation is 1. The highest BCUT2D eigenvalue weighted by Gasteiger charge is 2.34. The van der Waals surface area contributed by atoms with E-state index in [0.717, 1.165) is 10.9 Å². The number of aromatic nitrogens is 1. The van der Waals surface area contributed by atoms with Crippen molar-refractivity contribution in [2.24, 2.45) is 7.05 Å². The lowest BCUT2D eigenvalue weighted by Crippen LogP contribution is -2.47. The predicted octanol–water partition coefficient (Wildman–Crippen LogP) is 3.21. The lowest BCUT2D eigenvalue weighted by molar-refractivity contribution is -0.139. The number of urea groups is 1. The molecular formula is C24H23N3O5. The van der Waals surface area contributed by atoms with Crippen LogP contribution in [0.3, 0.4) is 0 Å². The van der Waals surface area contributed by atoms with E-state index in [9.17, 15) is 14.4 Å². The van der Waals surface area contributed by atoms with Crippen molar-refractivity contribution >= 4 is 28.9 Å². The number of hydrogen-bond acceptors (Lipinski definition) is 5. The number of benzene rings is 2. The number of carbonyl (C=O) groups is 3. The largest absolute Gasteiger partial charge is 0.463 e. The van der Waals surface area contributed by atoms with Crippen LogP contribution < -0.4 is 10.6 Å². The van der Waals surface area contributed by atoms with E-state index in [4.69, 9.17) is 9.47 Å². The predicted molar refractivity (Wildman–Crippen MR) is 118 cm³/mol. The van der Waals surface area contributed by atoms with Crippen LogP contribution in [-0.2, 0) is 21.3 Å². The second-order valence-electron chi connectivity index (χ2n) is 7.30. The number of nitrogens with one attached hydrogen (secondary N) is 2. The highest BCUT2D eigenvalue weighted by atomic mass is 16.5. The molecule has 0 fully saturated rings. The Morgan fingerprint density at radius 1 is 1.00 bits per heavy atom. The van der Waals surface area contributed by atoms with Crippen LogP contribution in [0.5, 0.6) is 0 Å². The van der Waals surface area contributed by atoms with Crippen LogP contribution in [0.25, 0.3) is 10.9 Å². The molecule has 1 aromatic heterocycles. The molecule has 1 aliphatic rings. The molecule has 1 atom stereocenters. The van der Waals surface area contributed by atoms with Gasteiger partial charge in [-0.05, 0) is 18.6 Å². The second-order valence-corrected chi connectivity index (χ2v) is 7.30. The van der Waals surface area contributed by atoms with Crippen LogP contribution in [0, 0.1) is 0 Å². The Balaban J connectivity index is 1.66. The average molecular weight is 433 g/mol. The fraction of sp³-hybridized carbons (Fsp3) is 0.208. The molecule has 0 saturated carbocycles. The summed E-state index contributed by atoms with van der Waals surface area (Å²) in [5, 5.41) is 6.11. The van der Waals surface area contributed by atoms with Crippen molar-refractivity contribution in [1.29, 1.82) is 0 Å². The Bertz CT molecular complexity index is 1210. The van der Waals surface area contributed by atoms with Crippen molar-refractivity contribution in [3.8, 4) is 0 Å². The number of carbonyl (C=O) groups excluding carboxylic acids is 3. The van der Waals surface area contributed by atoms with Crippen molar-refractivity contribution in [3.05, 3.63) is 83.2 Å². The molecule has 0 bridgehead atoms. The van der Waals surface area contributed by atoms with E-state index in [1.54, 1.807) is 25.3 Å². The zero-order valence-corrected chi connectivity index (χ0v) is 17.8. The van der Waals surface area contributed by atoms with Crippen LogP contribution >= 0.6 is 0 Å². The second kappa shape index (κ2) is 8.97. The third kappa shape index (κ3) is 4.07. The molecule has 3 aromatic rings. The van der Waals surface area contributed by atoms with E-state index < -0.39 is 24.0 Å². The van der Waals surface area contributed by atoms with Gasteiger partial charge < -0.3 is 24.7 Å². The Hall–Kier alpha value is -4.07. The number of nitrogens with zero attached hydrogens (tertiary/aromatic N) is 1. The monoisotopic (exact) mass is 433 g/mol. The number of ether oxygens (including phenoxy) is 2. The summed E-state index contributed by atoms with van der Waals surface area (Å²) < 4.78 is 12.6.